The second kappa shape index (κ2) is 9.19. The lowest BCUT2D eigenvalue weighted by Crippen LogP contribution is -2.48. The van der Waals surface area contributed by atoms with E-state index in [0.717, 1.165) is 20.4 Å². The van der Waals surface area contributed by atoms with Gasteiger partial charge in [-0.25, -0.2) is 4.79 Å². The summed E-state index contributed by atoms with van der Waals surface area (Å²) in [5.74, 6) is 0.0950. The molecule has 0 aliphatic carbocycles. The minimum Gasteiger partial charge on any atom is -0.497 e. The predicted molar refractivity (Wildman–Crippen MR) is 118 cm³/mol. The van der Waals surface area contributed by atoms with Crippen molar-refractivity contribution in [2.75, 3.05) is 33.4 Å². The molecule has 3 aromatic rings. The van der Waals surface area contributed by atoms with E-state index in [1.54, 1.807) is 31.4 Å². The van der Waals surface area contributed by atoms with Crippen molar-refractivity contribution < 1.29 is 14.3 Å². The van der Waals surface area contributed by atoms with Gasteiger partial charge in [-0.15, -0.1) is 0 Å². The topological polar surface area (TPSA) is 95.7 Å². The van der Waals surface area contributed by atoms with Crippen LogP contribution in [0.4, 0.5) is 0 Å². The van der Waals surface area contributed by atoms with Crippen LogP contribution >= 0.6 is 0 Å². The lowest BCUT2D eigenvalue weighted by Gasteiger charge is -2.26. The molecular formula is C23H24N4O5. The molecule has 2 aromatic carbocycles. The molecule has 1 aliphatic heterocycles. The van der Waals surface area contributed by atoms with Crippen molar-refractivity contribution in [1.29, 1.82) is 0 Å². The number of carbonyl (C=O) groups excluding carboxylic acids is 1. The molecule has 0 unspecified atom stereocenters. The van der Waals surface area contributed by atoms with Crippen LogP contribution in [0.25, 0.3) is 5.69 Å². The Bertz CT molecular complexity index is 1220. The number of carbonyl (C=O) groups is 1. The number of amides is 1. The summed E-state index contributed by atoms with van der Waals surface area (Å²) in [4.78, 5) is 41.1. The predicted octanol–water partition coefficient (Wildman–Crippen LogP) is 1.23. The lowest BCUT2D eigenvalue weighted by atomic mass is 10.1. The Labute approximate surface area is 184 Å². The Morgan fingerprint density at radius 2 is 1.69 bits per heavy atom. The molecule has 166 valence electrons. The highest BCUT2D eigenvalue weighted by atomic mass is 16.5. The lowest BCUT2D eigenvalue weighted by molar-refractivity contribution is 0.0295. The Morgan fingerprint density at radius 3 is 2.31 bits per heavy atom. The van der Waals surface area contributed by atoms with Crippen LogP contribution in [0, 0.1) is 6.92 Å². The fraction of sp³-hybridized carbons (Fsp3) is 0.304. The SMILES string of the molecule is COc1ccc(-n2nc(C(=O)N3CCOCC3)c(=O)n(Cc3ccc(C)cc3)c2=O)cc1. The summed E-state index contributed by atoms with van der Waals surface area (Å²) in [6, 6.07) is 14.2. The first-order chi connectivity index (χ1) is 15.5. The van der Waals surface area contributed by atoms with Crippen molar-refractivity contribution in [3.05, 3.63) is 86.2 Å². The largest absolute Gasteiger partial charge is 0.497 e. The monoisotopic (exact) mass is 436 g/mol. The van der Waals surface area contributed by atoms with E-state index >= 15 is 0 Å². The number of aryl methyl sites for hydroxylation is 1. The molecular weight excluding hydrogens is 412 g/mol. The summed E-state index contributed by atoms with van der Waals surface area (Å²) >= 11 is 0. The number of aromatic nitrogens is 3. The van der Waals surface area contributed by atoms with E-state index in [1.807, 2.05) is 31.2 Å². The minimum absolute atomic E-state index is 0.0278. The van der Waals surface area contributed by atoms with E-state index in [4.69, 9.17) is 9.47 Å². The maximum absolute atomic E-state index is 13.3. The average molecular weight is 436 g/mol. The van der Waals surface area contributed by atoms with Gasteiger partial charge in [-0.3, -0.25) is 14.2 Å². The summed E-state index contributed by atoms with van der Waals surface area (Å²) < 4.78 is 12.6. The van der Waals surface area contributed by atoms with Gasteiger partial charge >= 0.3 is 5.69 Å². The van der Waals surface area contributed by atoms with Crippen molar-refractivity contribution in [1.82, 2.24) is 19.2 Å². The number of hydrogen-bond acceptors (Lipinski definition) is 6. The molecule has 1 fully saturated rings. The van der Waals surface area contributed by atoms with Crippen LogP contribution in [0.2, 0.25) is 0 Å². The highest BCUT2D eigenvalue weighted by Crippen LogP contribution is 2.13. The fourth-order valence-corrected chi connectivity index (χ4v) is 3.47. The summed E-state index contributed by atoms with van der Waals surface area (Å²) in [6.07, 6.45) is 0. The van der Waals surface area contributed by atoms with Gasteiger partial charge in [-0.05, 0) is 36.8 Å². The quantitative estimate of drug-likeness (QED) is 0.597. The third-order valence-electron chi connectivity index (χ3n) is 5.34. The van der Waals surface area contributed by atoms with Crippen LogP contribution in [0.1, 0.15) is 21.6 Å². The molecule has 0 spiro atoms. The zero-order valence-electron chi connectivity index (χ0n) is 18.0. The Morgan fingerprint density at radius 1 is 1.03 bits per heavy atom. The number of nitrogens with zero attached hydrogens (tertiary/aromatic N) is 4. The van der Waals surface area contributed by atoms with E-state index in [2.05, 4.69) is 5.10 Å². The molecule has 4 rings (SSSR count). The molecule has 9 heteroatoms. The van der Waals surface area contributed by atoms with E-state index in [1.165, 1.54) is 4.90 Å². The molecule has 0 bridgehead atoms. The number of ether oxygens (including phenoxy) is 2. The second-order valence-electron chi connectivity index (χ2n) is 7.52. The molecule has 1 saturated heterocycles. The van der Waals surface area contributed by atoms with Gasteiger partial charge < -0.3 is 14.4 Å². The van der Waals surface area contributed by atoms with Crippen LogP contribution in [0.3, 0.4) is 0 Å². The molecule has 0 N–H and O–H groups in total. The maximum atomic E-state index is 13.3. The first-order valence-corrected chi connectivity index (χ1v) is 10.3. The first kappa shape index (κ1) is 21.5. The molecule has 1 aliphatic rings. The zero-order valence-corrected chi connectivity index (χ0v) is 18.0. The summed E-state index contributed by atoms with van der Waals surface area (Å²) in [5.41, 5.74) is 0.622. The molecule has 2 heterocycles. The smallest absolute Gasteiger partial charge is 0.352 e. The number of rotatable bonds is 5. The average Bonchev–Trinajstić information content (AvgIpc) is 2.83. The normalized spacial score (nSPS) is 13.8. The maximum Gasteiger partial charge on any atom is 0.352 e. The van der Waals surface area contributed by atoms with Crippen molar-refractivity contribution in [3.63, 3.8) is 0 Å². The third kappa shape index (κ3) is 4.33. The third-order valence-corrected chi connectivity index (χ3v) is 5.34. The molecule has 32 heavy (non-hydrogen) atoms. The Kier molecular flexibility index (Phi) is 6.18. The van der Waals surface area contributed by atoms with Gasteiger partial charge in [-0.1, -0.05) is 29.8 Å². The highest BCUT2D eigenvalue weighted by molar-refractivity contribution is 5.91. The minimum atomic E-state index is -0.711. The molecule has 1 amide bonds. The fourth-order valence-electron chi connectivity index (χ4n) is 3.47. The van der Waals surface area contributed by atoms with Crippen LogP contribution in [0.15, 0.2) is 58.1 Å². The van der Waals surface area contributed by atoms with Crippen LogP contribution in [-0.2, 0) is 11.3 Å². The summed E-state index contributed by atoms with van der Waals surface area (Å²) in [7, 11) is 1.54. The molecule has 0 saturated carbocycles. The van der Waals surface area contributed by atoms with Crippen molar-refractivity contribution in [2.24, 2.45) is 0 Å². The van der Waals surface area contributed by atoms with E-state index < -0.39 is 17.2 Å². The number of morpholine rings is 1. The second-order valence-corrected chi connectivity index (χ2v) is 7.52. The standard InChI is InChI=1S/C23H24N4O5/c1-16-3-5-17(6-4-16)15-26-22(29)20(21(28)25-11-13-32-14-12-25)24-27(23(26)30)18-7-9-19(31-2)10-8-18/h3-10H,11-15H2,1-2H3. The van der Waals surface area contributed by atoms with E-state index in [0.29, 0.717) is 37.7 Å². The first-order valence-electron chi connectivity index (χ1n) is 10.3. The van der Waals surface area contributed by atoms with E-state index in [-0.39, 0.29) is 12.2 Å². The number of hydrogen-bond donors (Lipinski definition) is 0. The number of methoxy groups -OCH3 is 1. The summed E-state index contributed by atoms with van der Waals surface area (Å²) in [5, 5.41) is 4.19. The van der Waals surface area contributed by atoms with Crippen LogP contribution in [0.5, 0.6) is 5.75 Å². The Balaban J connectivity index is 1.84. The van der Waals surface area contributed by atoms with Crippen LogP contribution < -0.4 is 16.0 Å². The number of benzene rings is 2. The molecule has 0 radical (unpaired) electrons. The molecule has 9 nitrogen and oxygen atoms in total. The van der Waals surface area contributed by atoms with Crippen molar-refractivity contribution in [3.8, 4) is 11.4 Å². The zero-order chi connectivity index (χ0) is 22.7. The van der Waals surface area contributed by atoms with Gasteiger partial charge in [0.15, 0.2) is 0 Å². The summed E-state index contributed by atoms with van der Waals surface area (Å²) in [6.45, 7) is 3.49. The van der Waals surface area contributed by atoms with Crippen molar-refractivity contribution in [2.45, 2.75) is 13.5 Å². The van der Waals surface area contributed by atoms with Crippen molar-refractivity contribution >= 4 is 5.91 Å². The molecule has 0 atom stereocenters. The van der Waals surface area contributed by atoms with Gasteiger partial charge in [0, 0.05) is 13.1 Å². The Hall–Kier alpha value is -3.72. The van der Waals surface area contributed by atoms with Gasteiger partial charge in [0.1, 0.15) is 5.75 Å². The van der Waals surface area contributed by atoms with Gasteiger partial charge in [0.05, 0.1) is 32.6 Å². The van der Waals surface area contributed by atoms with Gasteiger partial charge in [0.25, 0.3) is 11.5 Å². The van der Waals surface area contributed by atoms with E-state index in [9.17, 15) is 14.4 Å². The van der Waals surface area contributed by atoms with Gasteiger partial charge in [0.2, 0.25) is 5.69 Å². The van der Waals surface area contributed by atoms with Gasteiger partial charge in [-0.2, -0.15) is 9.78 Å². The highest BCUT2D eigenvalue weighted by Gasteiger charge is 2.26. The molecule has 1 aromatic heterocycles. The van der Waals surface area contributed by atoms with Crippen LogP contribution in [-0.4, -0.2) is 58.6 Å².